The zero-order valence-corrected chi connectivity index (χ0v) is 20.8. The molecule has 1 aliphatic heterocycles. The summed E-state index contributed by atoms with van der Waals surface area (Å²) in [7, 11) is 0. The van der Waals surface area contributed by atoms with Crippen molar-refractivity contribution >= 4 is 22.6 Å². The van der Waals surface area contributed by atoms with Gasteiger partial charge in [0.2, 0.25) is 5.91 Å². The van der Waals surface area contributed by atoms with Crippen molar-refractivity contribution < 1.29 is 14.6 Å². The first kappa shape index (κ1) is 24.2. The summed E-state index contributed by atoms with van der Waals surface area (Å²) < 4.78 is 6.11. The Balaban J connectivity index is 1.28. The van der Waals surface area contributed by atoms with Gasteiger partial charge in [-0.2, -0.15) is 5.26 Å². The van der Waals surface area contributed by atoms with Crippen LogP contribution >= 0.6 is 0 Å². The lowest BCUT2D eigenvalue weighted by molar-refractivity contribution is -0.134. The first-order valence-corrected chi connectivity index (χ1v) is 12.1. The molecule has 3 heterocycles. The van der Waals surface area contributed by atoms with Crippen LogP contribution in [-0.4, -0.2) is 52.2 Å². The van der Waals surface area contributed by atoms with Gasteiger partial charge in [-0.3, -0.25) is 9.78 Å². The molecule has 4 aromatic rings. The number of aromatic nitrogens is 2. The third-order valence-electron chi connectivity index (χ3n) is 6.53. The van der Waals surface area contributed by atoms with E-state index < -0.39 is 5.60 Å². The van der Waals surface area contributed by atoms with Gasteiger partial charge in [0.15, 0.2) is 6.73 Å². The van der Waals surface area contributed by atoms with Gasteiger partial charge in [-0.25, -0.2) is 4.98 Å². The molecule has 0 bridgehead atoms. The molecule has 186 valence electrons. The number of aliphatic hydroxyl groups is 1. The van der Waals surface area contributed by atoms with Gasteiger partial charge in [-0.05, 0) is 49.7 Å². The van der Waals surface area contributed by atoms with Crippen molar-refractivity contribution in [3.63, 3.8) is 0 Å². The second-order valence-electron chi connectivity index (χ2n) is 9.52. The average Bonchev–Trinajstić information content (AvgIpc) is 2.91. The van der Waals surface area contributed by atoms with Gasteiger partial charge in [0.05, 0.1) is 29.3 Å². The van der Waals surface area contributed by atoms with Crippen LogP contribution in [0.4, 0.5) is 5.82 Å². The molecule has 0 radical (unpaired) electrons. The Morgan fingerprint density at radius 3 is 2.54 bits per heavy atom. The summed E-state index contributed by atoms with van der Waals surface area (Å²) in [6.07, 6.45) is 3.35. The molecule has 2 aromatic heterocycles. The van der Waals surface area contributed by atoms with E-state index in [4.69, 9.17) is 10.00 Å². The van der Waals surface area contributed by atoms with E-state index in [-0.39, 0.29) is 19.2 Å². The minimum atomic E-state index is -0.961. The molecule has 0 atom stereocenters. The summed E-state index contributed by atoms with van der Waals surface area (Å²) in [5, 5.41) is 20.1. The standard InChI is InChI=1S/C29H27N5O3/c1-29(2,36)22-10-11-26(32-17-22)33-14-15-34(27(35)18-33)19-37-25-12-13-31-28-23(4-3-5-24(25)28)21-8-6-20(16-30)7-9-21/h3-13,17,36H,14-15,18-19H2,1-2H3. The Hall–Kier alpha value is -4.48. The Kier molecular flexibility index (Phi) is 6.47. The molecule has 0 unspecified atom stereocenters. The van der Waals surface area contributed by atoms with Crippen LogP contribution in [0.3, 0.4) is 0 Å². The highest BCUT2D eigenvalue weighted by molar-refractivity contribution is 5.96. The number of fused-ring (bicyclic) bond motifs is 1. The number of benzene rings is 2. The summed E-state index contributed by atoms with van der Waals surface area (Å²) in [5.74, 6) is 1.31. The number of para-hydroxylation sites is 1. The Bertz CT molecular complexity index is 1470. The number of piperazine rings is 1. The lowest BCUT2D eigenvalue weighted by atomic mass is 10.0. The zero-order valence-electron chi connectivity index (χ0n) is 20.8. The number of ether oxygens (including phenoxy) is 1. The van der Waals surface area contributed by atoms with Crippen LogP contribution in [0.15, 0.2) is 73.1 Å². The number of carbonyl (C=O) groups is 1. The highest BCUT2D eigenvalue weighted by Crippen LogP contribution is 2.32. The third-order valence-corrected chi connectivity index (χ3v) is 6.53. The SMILES string of the molecule is CC(C)(O)c1ccc(N2CCN(COc3ccnc4c(-c5ccc(C#N)cc5)cccc34)C(=O)C2)nc1. The fraction of sp³-hybridized carbons (Fsp3) is 0.241. The number of carbonyl (C=O) groups excluding carboxylic acids is 1. The third kappa shape index (κ3) is 5.08. The van der Waals surface area contributed by atoms with Crippen molar-refractivity contribution in [2.24, 2.45) is 0 Å². The van der Waals surface area contributed by atoms with Crippen LogP contribution in [0.2, 0.25) is 0 Å². The van der Waals surface area contributed by atoms with Crippen LogP contribution in [0.1, 0.15) is 25.0 Å². The number of hydrogen-bond donors (Lipinski definition) is 1. The van der Waals surface area contributed by atoms with Crippen LogP contribution in [0.5, 0.6) is 5.75 Å². The van der Waals surface area contributed by atoms with Crippen LogP contribution in [-0.2, 0) is 10.4 Å². The summed E-state index contributed by atoms with van der Waals surface area (Å²) in [6.45, 7) is 4.91. The second-order valence-corrected chi connectivity index (χ2v) is 9.52. The van der Waals surface area contributed by atoms with Crippen molar-refractivity contribution in [2.45, 2.75) is 19.4 Å². The molecule has 5 rings (SSSR count). The van der Waals surface area contributed by atoms with Crippen LogP contribution in [0.25, 0.3) is 22.0 Å². The highest BCUT2D eigenvalue weighted by Gasteiger charge is 2.26. The minimum Gasteiger partial charge on any atom is -0.472 e. The Morgan fingerprint density at radius 1 is 1.05 bits per heavy atom. The lowest BCUT2D eigenvalue weighted by Gasteiger charge is -2.34. The molecule has 8 heteroatoms. The maximum Gasteiger partial charge on any atom is 0.244 e. The molecule has 2 aromatic carbocycles. The van der Waals surface area contributed by atoms with Gasteiger partial charge in [-0.15, -0.1) is 0 Å². The van der Waals surface area contributed by atoms with E-state index in [0.717, 1.165) is 27.6 Å². The minimum absolute atomic E-state index is 0.0451. The predicted octanol–water partition coefficient (Wildman–Crippen LogP) is 4.08. The van der Waals surface area contributed by atoms with E-state index in [0.29, 0.717) is 30.2 Å². The van der Waals surface area contributed by atoms with E-state index in [2.05, 4.69) is 16.0 Å². The first-order valence-electron chi connectivity index (χ1n) is 12.1. The topological polar surface area (TPSA) is 103 Å². The molecule has 1 aliphatic rings. The molecule has 1 saturated heterocycles. The molecule has 1 fully saturated rings. The largest absolute Gasteiger partial charge is 0.472 e. The number of pyridine rings is 2. The van der Waals surface area contributed by atoms with Gasteiger partial charge < -0.3 is 19.6 Å². The van der Waals surface area contributed by atoms with Gasteiger partial charge in [0, 0.05) is 42.0 Å². The summed E-state index contributed by atoms with van der Waals surface area (Å²) in [5.41, 5.74) is 3.07. The van der Waals surface area contributed by atoms with Gasteiger partial charge in [0.1, 0.15) is 11.6 Å². The highest BCUT2D eigenvalue weighted by atomic mass is 16.5. The predicted molar refractivity (Wildman–Crippen MR) is 141 cm³/mol. The fourth-order valence-electron chi connectivity index (χ4n) is 4.36. The number of rotatable bonds is 6. The van der Waals surface area contributed by atoms with E-state index in [1.165, 1.54) is 0 Å². The van der Waals surface area contributed by atoms with E-state index in [1.807, 2.05) is 47.4 Å². The van der Waals surface area contributed by atoms with Crippen molar-refractivity contribution in [3.8, 4) is 22.9 Å². The maximum absolute atomic E-state index is 12.9. The van der Waals surface area contributed by atoms with Crippen molar-refractivity contribution in [2.75, 3.05) is 31.3 Å². The summed E-state index contributed by atoms with van der Waals surface area (Å²) in [4.78, 5) is 25.5. The normalized spacial score (nSPS) is 14.1. The fourth-order valence-corrected chi connectivity index (χ4v) is 4.36. The van der Waals surface area contributed by atoms with Crippen LogP contribution < -0.4 is 9.64 Å². The molecule has 1 amide bonds. The molecule has 8 nitrogen and oxygen atoms in total. The molecular formula is C29H27N5O3. The van der Waals surface area contributed by atoms with Crippen molar-refractivity contribution in [3.05, 3.63) is 84.2 Å². The number of hydrogen-bond acceptors (Lipinski definition) is 7. The monoisotopic (exact) mass is 493 g/mol. The molecule has 1 N–H and O–H groups in total. The molecule has 0 spiro atoms. The summed E-state index contributed by atoms with van der Waals surface area (Å²) >= 11 is 0. The quantitative estimate of drug-likeness (QED) is 0.432. The van der Waals surface area contributed by atoms with Crippen LogP contribution in [0, 0.1) is 11.3 Å². The maximum atomic E-state index is 12.9. The molecule has 37 heavy (non-hydrogen) atoms. The number of anilines is 1. The van der Waals surface area contributed by atoms with E-state index >= 15 is 0 Å². The lowest BCUT2D eigenvalue weighted by Crippen LogP contribution is -2.51. The Labute approximate surface area is 215 Å². The number of nitriles is 1. The zero-order chi connectivity index (χ0) is 26.0. The number of amides is 1. The summed E-state index contributed by atoms with van der Waals surface area (Å²) in [6, 6.07) is 20.9. The second kappa shape index (κ2) is 9.88. The van der Waals surface area contributed by atoms with Gasteiger partial charge in [-0.1, -0.05) is 30.3 Å². The molecular weight excluding hydrogens is 466 g/mol. The van der Waals surface area contributed by atoms with Crippen molar-refractivity contribution in [1.82, 2.24) is 14.9 Å². The average molecular weight is 494 g/mol. The smallest absolute Gasteiger partial charge is 0.244 e. The number of nitrogens with zero attached hydrogens (tertiary/aromatic N) is 5. The molecule has 0 saturated carbocycles. The van der Waals surface area contributed by atoms with Gasteiger partial charge >= 0.3 is 0 Å². The van der Waals surface area contributed by atoms with Gasteiger partial charge in [0.25, 0.3) is 0 Å². The van der Waals surface area contributed by atoms with E-state index in [1.54, 1.807) is 49.3 Å². The first-order chi connectivity index (χ1) is 17.8. The van der Waals surface area contributed by atoms with Crippen molar-refractivity contribution in [1.29, 1.82) is 5.26 Å². The molecule has 0 aliphatic carbocycles. The van der Waals surface area contributed by atoms with E-state index in [9.17, 15) is 9.90 Å². The Morgan fingerprint density at radius 2 is 1.86 bits per heavy atom.